The maximum Gasteiger partial charge on any atom is 0.263 e. The van der Waals surface area contributed by atoms with Crippen molar-refractivity contribution in [2.45, 2.75) is 12.8 Å². The second-order valence-corrected chi connectivity index (χ2v) is 5.04. The predicted molar refractivity (Wildman–Crippen MR) is 79.5 cm³/mol. The van der Waals surface area contributed by atoms with Crippen LogP contribution in [0.15, 0.2) is 28.5 Å². The molecule has 0 atom stereocenters. The molecule has 0 fully saturated rings. The molecule has 3 N–H and O–H groups in total. The van der Waals surface area contributed by atoms with Gasteiger partial charge in [-0.15, -0.1) is 11.3 Å². The van der Waals surface area contributed by atoms with Crippen LogP contribution in [0.5, 0.6) is 0 Å². The Labute approximate surface area is 124 Å². The molecule has 2 rings (SSSR count). The van der Waals surface area contributed by atoms with Crippen LogP contribution in [0.4, 0.5) is 5.13 Å². The molecule has 0 bridgehead atoms. The Morgan fingerprint density at radius 3 is 2.95 bits per heavy atom. The molecule has 0 saturated carbocycles. The van der Waals surface area contributed by atoms with Gasteiger partial charge < -0.3 is 10.3 Å². The Balaban J connectivity index is 1.99. The number of pyridine rings is 1. The number of hydrogen-bond acceptors (Lipinski definition) is 5. The molecule has 0 aromatic carbocycles. The molecule has 0 aliphatic rings. The van der Waals surface area contributed by atoms with Crippen molar-refractivity contribution < 1.29 is 9.59 Å². The number of anilines is 1. The first-order valence-electron chi connectivity index (χ1n) is 6.24. The Morgan fingerprint density at radius 1 is 1.43 bits per heavy atom. The van der Waals surface area contributed by atoms with Crippen molar-refractivity contribution in [1.82, 2.24) is 15.3 Å². The number of nitrogens with one attached hydrogen (secondary N) is 3. The zero-order chi connectivity index (χ0) is 15.2. The summed E-state index contributed by atoms with van der Waals surface area (Å²) in [7, 11) is 1.58. The quantitative estimate of drug-likeness (QED) is 0.758. The summed E-state index contributed by atoms with van der Waals surface area (Å²) in [4.78, 5) is 41.2. The number of aromatic nitrogens is 2. The standard InChI is InChI=1S/C13H14N4O3S/c1-14-10(18)5-4-8-7-21-13(16-8)17-12(20)9-3-2-6-15-11(9)19/h2-3,6-7H,4-5H2,1H3,(H,14,18)(H,15,19)(H,16,17,20). The number of rotatable bonds is 5. The normalized spacial score (nSPS) is 10.1. The lowest BCUT2D eigenvalue weighted by atomic mass is 10.2. The van der Waals surface area contributed by atoms with Gasteiger partial charge in [0.15, 0.2) is 5.13 Å². The van der Waals surface area contributed by atoms with E-state index >= 15 is 0 Å². The molecule has 0 aliphatic carbocycles. The maximum absolute atomic E-state index is 11.9. The summed E-state index contributed by atoms with van der Waals surface area (Å²) >= 11 is 1.25. The Kier molecular flexibility index (Phi) is 4.83. The van der Waals surface area contributed by atoms with Gasteiger partial charge in [0, 0.05) is 25.0 Å². The van der Waals surface area contributed by atoms with Crippen molar-refractivity contribution in [3.8, 4) is 0 Å². The lowest BCUT2D eigenvalue weighted by Crippen LogP contribution is -2.22. The highest BCUT2D eigenvalue weighted by molar-refractivity contribution is 7.13. The highest BCUT2D eigenvalue weighted by Crippen LogP contribution is 2.17. The van der Waals surface area contributed by atoms with Gasteiger partial charge in [0.25, 0.3) is 11.5 Å². The summed E-state index contributed by atoms with van der Waals surface area (Å²) in [6.45, 7) is 0. The van der Waals surface area contributed by atoms with Gasteiger partial charge in [-0.2, -0.15) is 0 Å². The average Bonchev–Trinajstić information content (AvgIpc) is 2.92. The van der Waals surface area contributed by atoms with Crippen molar-refractivity contribution in [1.29, 1.82) is 0 Å². The second-order valence-electron chi connectivity index (χ2n) is 4.18. The lowest BCUT2D eigenvalue weighted by Gasteiger charge is -2.00. The molecule has 8 heteroatoms. The number of thiazole rings is 1. The third kappa shape index (κ3) is 3.99. The summed E-state index contributed by atoms with van der Waals surface area (Å²) in [5.41, 5.74) is 0.298. The Morgan fingerprint density at radius 2 is 2.24 bits per heavy atom. The van der Waals surface area contributed by atoms with E-state index in [2.05, 4.69) is 20.6 Å². The van der Waals surface area contributed by atoms with Crippen LogP contribution in [-0.4, -0.2) is 28.8 Å². The molecule has 0 saturated heterocycles. The molecule has 2 aromatic heterocycles. The van der Waals surface area contributed by atoms with Crippen LogP contribution >= 0.6 is 11.3 Å². The van der Waals surface area contributed by atoms with Crippen LogP contribution < -0.4 is 16.2 Å². The zero-order valence-corrected chi connectivity index (χ0v) is 12.1. The Hall–Kier alpha value is -2.48. The van der Waals surface area contributed by atoms with E-state index in [1.807, 2.05) is 0 Å². The molecule has 2 heterocycles. The Bertz CT molecular complexity index is 707. The number of aryl methyl sites for hydroxylation is 1. The van der Waals surface area contributed by atoms with Crippen molar-refractivity contribution in [3.63, 3.8) is 0 Å². The largest absolute Gasteiger partial charge is 0.359 e. The van der Waals surface area contributed by atoms with E-state index in [9.17, 15) is 14.4 Å². The van der Waals surface area contributed by atoms with E-state index in [1.165, 1.54) is 23.6 Å². The average molecular weight is 306 g/mol. The second kappa shape index (κ2) is 6.80. The van der Waals surface area contributed by atoms with Gasteiger partial charge in [0.1, 0.15) is 5.56 Å². The van der Waals surface area contributed by atoms with Gasteiger partial charge >= 0.3 is 0 Å². The van der Waals surface area contributed by atoms with Crippen LogP contribution in [-0.2, 0) is 11.2 Å². The van der Waals surface area contributed by atoms with E-state index in [1.54, 1.807) is 18.5 Å². The minimum absolute atomic E-state index is 0.0274. The highest BCUT2D eigenvalue weighted by Gasteiger charge is 2.12. The van der Waals surface area contributed by atoms with Crippen LogP contribution in [0.25, 0.3) is 0 Å². The van der Waals surface area contributed by atoms with Crippen molar-refractivity contribution in [2.75, 3.05) is 12.4 Å². The fourth-order valence-corrected chi connectivity index (χ4v) is 2.35. The summed E-state index contributed by atoms with van der Waals surface area (Å²) in [6, 6.07) is 3.02. The van der Waals surface area contributed by atoms with Gasteiger partial charge in [-0.05, 0) is 18.6 Å². The number of amides is 2. The third-order valence-corrected chi connectivity index (χ3v) is 3.53. The highest BCUT2D eigenvalue weighted by atomic mass is 32.1. The fraction of sp³-hybridized carbons (Fsp3) is 0.231. The van der Waals surface area contributed by atoms with Crippen LogP contribution in [0.2, 0.25) is 0 Å². The molecule has 0 aliphatic heterocycles. The molecule has 7 nitrogen and oxygen atoms in total. The first-order chi connectivity index (χ1) is 10.1. The van der Waals surface area contributed by atoms with E-state index in [-0.39, 0.29) is 11.5 Å². The van der Waals surface area contributed by atoms with Crippen molar-refractivity contribution in [3.05, 3.63) is 45.3 Å². The van der Waals surface area contributed by atoms with Crippen LogP contribution in [0.3, 0.4) is 0 Å². The zero-order valence-electron chi connectivity index (χ0n) is 11.3. The van der Waals surface area contributed by atoms with E-state index < -0.39 is 11.5 Å². The number of aromatic amines is 1. The van der Waals surface area contributed by atoms with Gasteiger partial charge in [0.2, 0.25) is 5.91 Å². The molecule has 2 aromatic rings. The number of carbonyl (C=O) groups is 2. The first-order valence-corrected chi connectivity index (χ1v) is 7.12. The first kappa shape index (κ1) is 14.9. The molecule has 21 heavy (non-hydrogen) atoms. The molecular weight excluding hydrogens is 292 g/mol. The van der Waals surface area contributed by atoms with Gasteiger partial charge in [-0.1, -0.05) is 0 Å². The minimum Gasteiger partial charge on any atom is -0.359 e. The fourth-order valence-electron chi connectivity index (χ4n) is 1.61. The summed E-state index contributed by atoms with van der Waals surface area (Å²) in [5, 5.41) is 7.27. The van der Waals surface area contributed by atoms with Gasteiger partial charge in [-0.25, -0.2) is 4.98 Å². The lowest BCUT2D eigenvalue weighted by molar-refractivity contribution is -0.120. The maximum atomic E-state index is 11.9. The molecule has 0 radical (unpaired) electrons. The number of carbonyl (C=O) groups excluding carboxylic acids is 2. The van der Waals surface area contributed by atoms with E-state index in [0.717, 1.165) is 5.69 Å². The van der Waals surface area contributed by atoms with E-state index in [4.69, 9.17) is 0 Å². The van der Waals surface area contributed by atoms with Gasteiger partial charge in [-0.3, -0.25) is 19.7 Å². The predicted octanol–water partition coefficient (Wildman–Crippen LogP) is 0.762. The molecule has 0 spiro atoms. The molecular formula is C13H14N4O3S. The molecule has 0 unspecified atom stereocenters. The minimum atomic E-state index is -0.510. The molecule has 110 valence electrons. The van der Waals surface area contributed by atoms with Crippen LogP contribution in [0.1, 0.15) is 22.5 Å². The van der Waals surface area contributed by atoms with Gasteiger partial charge in [0.05, 0.1) is 5.69 Å². The number of hydrogen-bond donors (Lipinski definition) is 3. The molecule has 2 amide bonds. The third-order valence-electron chi connectivity index (χ3n) is 2.72. The van der Waals surface area contributed by atoms with Crippen molar-refractivity contribution >= 4 is 28.3 Å². The number of nitrogens with zero attached hydrogens (tertiary/aromatic N) is 1. The van der Waals surface area contributed by atoms with E-state index in [0.29, 0.717) is 18.0 Å². The summed E-state index contributed by atoms with van der Waals surface area (Å²) in [6.07, 6.45) is 2.29. The van der Waals surface area contributed by atoms with Crippen molar-refractivity contribution in [2.24, 2.45) is 0 Å². The SMILES string of the molecule is CNC(=O)CCc1csc(NC(=O)c2ccc[nH]c2=O)n1. The monoisotopic (exact) mass is 306 g/mol. The summed E-state index contributed by atoms with van der Waals surface area (Å²) < 4.78 is 0. The number of H-pyrrole nitrogens is 1. The summed E-state index contributed by atoms with van der Waals surface area (Å²) in [5.74, 6) is -0.576. The topological polar surface area (TPSA) is 104 Å². The van der Waals surface area contributed by atoms with Crippen LogP contribution in [0, 0.1) is 0 Å². The smallest absolute Gasteiger partial charge is 0.263 e.